The first-order chi connectivity index (χ1) is 7.20. The summed E-state index contributed by atoms with van der Waals surface area (Å²) in [5.41, 5.74) is 8.54. The predicted molar refractivity (Wildman–Crippen MR) is 55.2 cm³/mol. The Kier molecular flexibility index (Phi) is 2.55. The second-order valence-corrected chi connectivity index (χ2v) is 3.55. The van der Waals surface area contributed by atoms with Gasteiger partial charge in [-0.15, -0.1) is 0 Å². The lowest BCUT2D eigenvalue weighted by Gasteiger charge is -1.99. The molecule has 0 aliphatic heterocycles. The first kappa shape index (κ1) is 9.92. The lowest BCUT2D eigenvalue weighted by molar-refractivity contribution is 0.391. The molecule has 2 aromatic rings. The zero-order valence-electron chi connectivity index (χ0n) is 8.90. The molecule has 15 heavy (non-hydrogen) atoms. The Morgan fingerprint density at radius 2 is 2.27 bits per heavy atom. The average molecular weight is 206 g/mol. The lowest BCUT2D eigenvalue weighted by Crippen LogP contribution is -2.02. The molecule has 5 heteroatoms. The van der Waals surface area contributed by atoms with E-state index in [0.29, 0.717) is 13.1 Å². The summed E-state index contributed by atoms with van der Waals surface area (Å²) in [7, 11) is 0. The number of aryl methyl sites for hydroxylation is 2. The van der Waals surface area contributed by atoms with Crippen LogP contribution in [0.15, 0.2) is 16.9 Å². The van der Waals surface area contributed by atoms with E-state index in [4.69, 9.17) is 10.3 Å². The second-order valence-electron chi connectivity index (χ2n) is 3.55. The maximum atomic E-state index is 5.51. The van der Waals surface area contributed by atoms with Crippen LogP contribution in [0.2, 0.25) is 0 Å². The Balaban J connectivity index is 2.21. The summed E-state index contributed by atoms with van der Waals surface area (Å²) in [4.78, 5) is 0. The van der Waals surface area contributed by atoms with E-state index in [-0.39, 0.29) is 0 Å². The monoisotopic (exact) mass is 206 g/mol. The van der Waals surface area contributed by atoms with Gasteiger partial charge in [0.1, 0.15) is 5.76 Å². The summed E-state index contributed by atoms with van der Waals surface area (Å²) in [5, 5.41) is 8.11. The highest BCUT2D eigenvalue weighted by molar-refractivity contribution is 5.21. The molecule has 80 valence electrons. The highest BCUT2D eigenvalue weighted by Gasteiger charge is 2.09. The smallest absolute Gasteiger partial charge is 0.138 e. The number of hydrogen-bond donors (Lipinski definition) is 1. The van der Waals surface area contributed by atoms with Gasteiger partial charge < -0.3 is 10.3 Å². The van der Waals surface area contributed by atoms with Gasteiger partial charge in [-0.05, 0) is 13.8 Å². The molecule has 0 spiro atoms. The topological polar surface area (TPSA) is 69.9 Å². The lowest BCUT2D eigenvalue weighted by atomic mass is 10.2. The molecule has 0 radical (unpaired) electrons. The zero-order chi connectivity index (χ0) is 10.8. The molecule has 0 unspecified atom stereocenters. The summed E-state index contributed by atoms with van der Waals surface area (Å²) in [6, 6.07) is 0. The van der Waals surface area contributed by atoms with Crippen LogP contribution in [0.4, 0.5) is 0 Å². The van der Waals surface area contributed by atoms with Gasteiger partial charge in [0, 0.05) is 23.9 Å². The van der Waals surface area contributed by atoms with Crippen molar-refractivity contribution in [1.82, 2.24) is 14.9 Å². The third-order valence-corrected chi connectivity index (χ3v) is 2.42. The molecular weight excluding hydrogens is 192 g/mol. The van der Waals surface area contributed by atoms with E-state index in [0.717, 1.165) is 22.6 Å². The first-order valence-electron chi connectivity index (χ1n) is 4.84. The Hall–Kier alpha value is -1.62. The molecule has 0 amide bonds. The molecule has 0 aliphatic carbocycles. The van der Waals surface area contributed by atoms with Crippen molar-refractivity contribution in [3.8, 4) is 0 Å². The second kappa shape index (κ2) is 3.86. The quantitative estimate of drug-likeness (QED) is 0.813. The van der Waals surface area contributed by atoms with E-state index in [1.54, 1.807) is 6.20 Å². The van der Waals surface area contributed by atoms with Crippen molar-refractivity contribution in [3.05, 3.63) is 35.0 Å². The van der Waals surface area contributed by atoms with Crippen molar-refractivity contribution in [1.29, 1.82) is 0 Å². The van der Waals surface area contributed by atoms with Crippen molar-refractivity contribution in [2.24, 2.45) is 5.73 Å². The van der Waals surface area contributed by atoms with Crippen molar-refractivity contribution in [2.45, 2.75) is 26.9 Å². The van der Waals surface area contributed by atoms with Crippen LogP contribution in [0.3, 0.4) is 0 Å². The van der Waals surface area contributed by atoms with Crippen molar-refractivity contribution in [2.75, 3.05) is 0 Å². The molecule has 0 aliphatic rings. The normalized spacial score (nSPS) is 10.9. The van der Waals surface area contributed by atoms with Crippen LogP contribution in [-0.4, -0.2) is 14.9 Å². The molecule has 2 aromatic heterocycles. The van der Waals surface area contributed by atoms with E-state index in [1.165, 1.54) is 0 Å². The minimum Gasteiger partial charge on any atom is -0.361 e. The van der Waals surface area contributed by atoms with Crippen LogP contribution in [0.1, 0.15) is 22.6 Å². The van der Waals surface area contributed by atoms with Gasteiger partial charge in [-0.3, -0.25) is 4.68 Å². The first-order valence-corrected chi connectivity index (χ1v) is 4.84. The van der Waals surface area contributed by atoms with Crippen molar-refractivity contribution < 1.29 is 4.52 Å². The highest BCUT2D eigenvalue weighted by Crippen LogP contribution is 2.13. The van der Waals surface area contributed by atoms with Crippen LogP contribution < -0.4 is 5.73 Å². The zero-order valence-corrected chi connectivity index (χ0v) is 8.90. The van der Waals surface area contributed by atoms with Gasteiger partial charge in [0.2, 0.25) is 0 Å². The van der Waals surface area contributed by atoms with Crippen LogP contribution in [0.5, 0.6) is 0 Å². The Labute approximate surface area is 87.9 Å². The summed E-state index contributed by atoms with van der Waals surface area (Å²) < 4.78 is 6.93. The van der Waals surface area contributed by atoms with Gasteiger partial charge in [0.25, 0.3) is 0 Å². The molecular formula is C10H14N4O. The standard InChI is InChI=1S/C10H14N4O/c1-7-10(8(2)15-13-7)6-14-5-9(3-11)4-12-14/h4-5H,3,6,11H2,1-2H3. The number of nitrogens with zero attached hydrogens (tertiary/aromatic N) is 3. The molecule has 2 heterocycles. The fourth-order valence-electron chi connectivity index (χ4n) is 1.49. The van der Waals surface area contributed by atoms with Crippen LogP contribution in [0.25, 0.3) is 0 Å². The SMILES string of the molecule is Cc1noc(C)c1Cn1cc(CN)cn1. The van der Waals surface area contributed by atoms with Gasteiger partial charge in [0.05, 0.1) is 18.4 Å². The predicted octanol–water partition coefficient (Wildman–Crippen LogP) is 0.995. The third-order valence-electron chi connectivity index (χ3n) is 2.42. The Bertz CT molecular complexity index is 438. The molecule has 0 fully saturated rings. The molecule has 2 N–H and O–H groups in total. The van der Waals surface area contributed by atoms with E-state index in [9.17, 15) is 0 Å². The maximum absolute atomic E-state index is 5.51. The Morgan fingerprint density at radius 3 is 2.80 bits per heavy atom. The fourth-order valence-corrected chi connectivity index (χ4v) is 1.49. The fraction of sp³-hybridized carbons (Fsp3) is 0.400. The van der Waals surface area contributed by atoms with Crippen molar-refractivity contribution >= 4 is 0 Å². The van der Waals surface area contributed by atoms with Gasteiger partial charge in [-0.2, -0.15) is 5.10 Å². The molecule has 2 rings (SSSR count). The maximum Gasteiger partial charge on any atom is 0.138 e. The number of nitrogens with two attached hydrogens (primary N) is 1. The number of rotatable bonds is 3. The van der Waals surface area contributed by atoms with Gasteiger partial charge in [0.15, 0.2) is 0 Å². The Morgan fingerprint density at radius 1 is 1.47 bits per heavy atom. The highest BCUT2D eigenvalue weighted by atomic mass is 16.5. The molecule has 0 saturated carbocycles. The van der Waals surface area contributed by atoms with Gasteiger partial charge in [-0.25, -0.2) is 0 Å². The average Bonchev–Trinajstić information content (AvgIpc) is 2.80. The molecule has 0 saturated heterocycles. The summed E-state index contributed by atoms with van der Waals surface area (Å²) in [5.74, 6) is 0.845. The van der Waals surface area contributed by atoms with E-state index >= 15 is 0 Å². The van der Waals surface area contributed by atoms with Crippen molar-refractivity contribution in [3.63, 3.8) is 0 Å². The van der Waals surface area contributed by atoms with E-state index < -0.39 is 0 Å². The molecule has 5 nitrogen and oxygen atoms in total. The van der Waals surface area contributed by atoms with Gasteiger partial charge >= 0.3 is 0 Å². The summed E-state index contributed by atoms with van der Waals surface area (Å²) >= 11 is 0. The summed E-state index contributed by atoms with van der Waals surface area (Å²) in [6.45, 7) is 5.03. The van der Waals surface area contributed by atoms with Crippen LogP contribution in [0, 0.1) is 13.8 Å². The summed E-state index contributed by atoms with van der Waals surface area (Å²) in [6.07, 6.45) is 3.71. The number of aromatic nitrogens is 3. The minimum absolute atomic E-state index is 0.515. The number of hydrogen-bond acceptors (Lipinski definition) is 4. The third kappa shape index (κ3) is 1.92. The minimum atomic E-state index is 0.515. The van der Waals surface area contributed by atoms with Gasteiger partial charge in [-0.1, -0.05) is 5.16 Å². The van der Waals surface area contributed by atoms with E-state index in [2.05, 4.69) is 10.3 Å². The van der Waals surface area contributed by atoms with E-state index in [1.807, 2.05) is 24.7 Å². The van der Waals surface area contributed by atoms with Crippen LogP contribution >= 0.6 is 0 Å². The molecule has 0 atom stereocenters. The molecule has 0 bridgehead atoms. The largest absolute Gasteiger partial charge is 0.361 e. The molecule has 0 aromatic carbocycles. The van der Waals surface area contributed by atoms with Crippen LogP contribution in [-0.2, 0) is 13.1 Å².